The highest BCUT2D eigenvalue weighted by Gasteiger charge is 2.06. The van der Waals surface area contributed by atoms with Crippen LogP contribution in [0.4, 0.5) is 5.69 Å². The van der Waals surface area contributed by atoms with E-state index in [9.17, 15) is 9.59 Å². The normalized spacial score (nSPS) is 11.2. The number of rotatable bonds is 6. The molecule has 0 atom stereocenters. The quantitative estimate of drug-likeness (QED) is 0.427. The van der Waals surface area contributed by atoms with Crippen LogP contribution in [-0.4, -0.2) is 23.5 Å². The van der Waals surface area contributed by atoms with Crippen LogP contribution in [0.15, 0.2) is 23.8 Å². The van der Waals surface area contributed by atoms with Gasteiger partial charge in [-0.15, -0.1) is 0 Å². The monoisotopic (exact) mass is 296 g/mol. The van der Waals surface area contributed by atoms with E-state index in [1.807, 2.05) is 0 Å². The second kappa shape index (κ2) is 7.55. The Kier molecular flexibility index (Phi) is 6.06. The Bertz CT molecular complexity index is 541. The summed E-state index contributed by atoms with van der Waals surface area (Å²) in [6.07, 6.45) is 2.10. The second-order valence-corrected chi connectivity index (χ2v) is 4.79. The summed E-state index contributed by atoms with van der Waals surface area (Å²) in [5.41, 5.74) is 7.50. The topological polar surface area (TPSA) is 92.4 Å². The maximum atomic E-state index is 11.8. The molecule has 1 rings (SSSR count). The zero-order valence-corrected chi connectivity index (χ0v) is 11.9. The van der Waals surface area contributed by atoms with Gasteiger partial charge in [-0.3, -0.25) is 9.59 Å². The number of nitrogen functional groups attached to an aromatic ring is 1. The van der Waals surface area contributed by atoms with Crippen molar-refractivity contribution in [3.63, 3.8) is 0 Å². The van der Waals surface area contributed by atoms with Gasteiger partial charge in [0, 0.05) is 29.2 Å². The van der Waals surface area contributed by atoms with Crippen molar-refractivity contribution in [3.8, 4) is 0 Å². The number of amides is 1. The molecule has 20 heavy (non-hydrogen) atoms. The molecule has 0 fully saturated rings. The molecule has 0 bridgehead atoms. The van der Waals surface area contributed by atoms with Gasteiger partial charge in [0.15, 0.2) is 0 Å². The summed E-state index contributed by atoms with van der Waals surface area (Å²) in [5, 5.41) is 11.7. The van der Waals surface area contributed by atoms with Crippen LogP contribution >= 0.6 is 11.6 Å². The fourth-order valence-corrected chi connectivity index (χ4v) is 1.74. The van der Waals surface area contributed by atoms with Gasteiger partial charge in [0.2, 0.25) is 5.91 Å². The van der Waals surface area contributed by atoms with Crippen molar-refractivity contribution >= 4 is 35.2 Å². The van der Waals surface area contributed by atoms with E-state index >= 15 is 0 Å². The molecule has 1 aromatic carbocycles. The Morgan fingerprint density at radius 2 is 2.15 bits per heavy atom. The molecule has 108 valence electrons. The third-order valence-corrected chi connectivity index (χ3v) is 2.87. The van der Waals surface area contributed by atoms with Crippen LogP contribution in [0.25, 0.3) is 6.08 Å². The van der Waals surface area contributed by atoms with E-state index in [4.69, 9.17) is 22.4 Å². The maximum Gasteiger partial charge on any atom is 0.303 e. The number of anilines is 1. The summed E-state index contributed by atoms with van der Waals surface area (Å²) in [7, 11) is 0. The third kappa shape index (κ3) is 5.32. The highest BCUT2D eigenvalue weighted by Crippen LogP contribution is 2.20. The number of carbonyl (C=O) groups excluding carboxylic acids is 1. The molecule has 4 N–H and O–H groups in total. The lowest BCUT2D eigenvalue weighted by molar-refractivity contribution is -0.137. The third-order valence-electron chi connectivity index (χ3n) is 2.63. The first-order chi connectivity index (χ1) is 9.40. The number of carboxylic acids is 1. The summed E-state index contributed by atoms with van der Waals surface area (Å²) in [6.45, 7) is 1.99. The molecule has 5 nitrogen and oxygen atoms in total. The van der Waals surface area contributed by atoms with Crippen LogP contribution in [0.3, 0.4) is 0 Å². The molecule has 0 heterocycles. The van der Waals surface area contributed by atoms with Crippen molar-refractivity contribution in [2.24, 2.45) is 0 Å². The molecule has 0 radical (unpaired) electrons. The van der Waals surface area contributed by atoms with Crippen molar-refractivity contribution in [1.82, 2.24) is 5.32 Å². The fraction of sp³-hybridized carbons (Fsp3) is 0.286. The standard InChI is InChI=1S/C14H17ClN2O3/c1-9(14(20)17-6-2-3-13(18)19)7-10-4-5-11(15)8-12(10)16/h4-5,7-8H,2-3,6,16H2,1H3,(H,17,20)(H,18,19). The number of carbonyl (C=O) groups is 2. The first-order valence-corrected chi connectivity index (χ1v) is 6.51. The lowest BCUT2D eigenvalue weighted by Crippen LogP contribution is -2.25. The second-order valence-electron chi connectivity index (χ2n) is 4.35. The molecular weight excluding hydrogens is 280 g/mol. The number of nitrogens with one attached hydrogen (secondary N) is 1. The van der Waals surface area contributed by atoms with Crippen LogP contribution in [0.5, 0.6) is 0 Å². The minimum atomic E-state index is -0.875. The van der Waals surface area contributed by atoms with Crippen molar-refractivity contribution < 1.29 is 14.7 Å². The largest absolute Gasteiger partial charge is 0.481 e. The zero-order valence-electron chi connectivity index (χ0n) is 11.1. The lowest BCUT2D eigenvalue weighted by Gasteiger charge is -2.06. The Morgan fingerprint density at radius 3 is 2.75 bits per heavy atom. The van der Waals surface area contributed by atoms with Crippen molar-refractivity contribution in [2.45, 2.75) is 19.8 Å². The number of carboxylic acid groups (broad SMARTS) is 1. The first-order valence-electron chi connectivity index (χ1n) is 6.13. The Hall–Kier alpha value is -2.01. The SMILES string of the molecule is CC(=Cc1ccc(Cl)cc1N)C(=O)NCCCC(=O)O. The molecule has 1 aromatic rings. The van der Waals surface area contributed by atoms with Crippen molar-refractivity contribution in [2.75, 3.05) is 12.3 Å². The number of aliphatic carboxylic acids is 1. The van der Waals surface area contributed by atoms with E-state index in [0.29, 0.717) is 34.8 Å². The molecule has 0 spiro atoms. The van der Waals surface area contributed by atoms with Gasteiger partial charge in [0.05, 0.1) is 0 Å². The van der Waals surface area contributed by atoms with E-state index in [2.05, 4.69) is 5.32 Å². The molecule has 0 aromatic heterocycles. The molecule has 1 amide bonds. The summed E-state index contributed by atoms with van der Waals surface area (Å²) in [4.78, 5) is 22.1. The predicted molar refractivity (Wildman–Crippen MR) is 79.4 cm³/mol. The highest BCUT2D eigenvalue weighted by molar-refractivity contribution is 6.30. The van der Waals surface area contributed by atoms with Gasteiger partial charge in [0.1, 0.15) is 0 Å². The smallest absolute Gasteiger partial charge is 0.303 e. The molecule has 0 aliphatic rings. The van der Waals surface area contributed by atoms with Crippen LogP contribution in [-0.2, 0) is 9.59 Å². The maximum absolute atomic E-state index is 11.8. The zero-order chi connectivity index (χ0) is 15.1. The van der Waals surface area contributed by atoms with E-state index in [0.717, 1.165) is 0 Å². The van der Waals surface area contributed by atoms with Crippen LogP contribution < -0.4 is 11.1 Å². The van der Waals surface area contributed by atoms with Gasteiger partial charge < -0.3 is 16.2 Å². The van der Waals surface area contributed by atoms with E-state index in [1.165, 1.54) is 0 Å². The molecule has 0 saturated carbocycles. The van der Waals surface area contributed by atoms with Crippen molar-refractivity contribution in [3.05, 3.63) is 34.4 Å². The minimum absolute atomic E-state index is 0.0349. The molecule has 0 saturated heterocycles. The van der Waals surface area contributed by atoms with Crippen LogP contribution in [0, 0.1) is 0 Å². The van der Waals surface area contributed by atoms with Gasteiger partial charge in [-0.25, -0.2) is 0 Å². The summed E-state index contributed by atoms with van der Waals surface area (Å²) >= 11 is 5.80. The molecule has 6 heteroatoms. The van der Waals surface area contributed by atoms with Gasteiger partial charge in [-0.2, -0.15) is 0 Å². The summed E-state index contributed by atoms with van der Waals surface area (Å²) < 4.78 is 0. The van der Waals surface area contributed by atoms with E-state index < -0.39 is 5.97 Å². The average Bonchev–Trinajstić information content (AvgIpc) is 2.37. The van der Waals surface area contributed by atoms with Gasteiger partial charge in [0.25, 0.3) is 0 Å². The average molecular weight is 297 g/mol. The summed E-state index contributed by atoms with van der Waals surface area (Å²) in [6, 6.07) is 5.05. The molecule has 0 unspecified atom stereocenters. The number of hydrogen-bond donors (Lipinski definition) is 3. The summed E-state index contributed by atoms with van der Waals surface area (Å²) in [5.74, 6) is -1.12. The Balaban J connectivity index is 2.59. The van der Waals surface area contributed by atoms with Crippen LogP contribution in [0.2, 0.25) is 5.02 Å². The minimum Gasteiger partial charge on any atom is -0.481 e. The number of nitrogens with two attached hydrogens (primary N) is 1. The van der Waals surface area contributed by atoms with Crippen LogP contribution in [0.1, 0.15) is 25.3 Å². The van der Waals surface area contributed by atoms with Crippen molar-refractivity contribution in [1.29, 1.82) is 0 Å². The molecule has 0 aliphatic carbocycles. The molecule has 0 aliphatic heterocycles. The Morgan fingerprint density at radius 1 is 1.45 bits per heavy atom. The first kappa shape index (κ1) is 16.0. The fourth-order valence-electron chi connectivity index (χ4n) is 1.56. The predicted octanol–water partition coefficient (Wildman–Crippen LogP) is 2.31. The number of benzene rings is 1. The Labute approximate surface area is 122 Å². The van der Waals surface area contributed by atoms with Gasteiger partial charge in [-0.05, 0) is 37.1 Å². The number of halogens is 1. The highest BCUT2D eigenvalue weighted by atomic mass is 35.5. The lowest BCUT2D eigenvalue weighted by atomic mass is 10.1. The number of hydrogen-bond acceptors (Lipinski definition) is 3. The van der Waals surface area contributed by atoms with E-state index in [1.54, 1.807) is 31.2 Å². The van der Waals surface area contributed by atoms with Gasteiger partial charge >= 0.3 is 5.97 Å². The van der Waals surface area contributed by atoms with E-state index in [-0.39, 0.29) is 12.3 Å². The molecular formula is C14H17ClN2O3. The van der Waals surface area contributed by atoms with Gasteiger partial charge in [-0.1, -0.05) is 17.7 Å².